The van der Waals surface area contributed by atoms with Crippen molar-refractivity contribution in [1.82, 2.24) is 9.97 Å². The number of fused-ring (bicyclic) bond motifs is 1. The molecule has 3 rings (SSSR count). The van der Waals surface area contributed by atoms with Crippen molar-refractivity contribution in [3.05, 3.63) is 60.2 Å². The molecular weight excluding hydrogens is 272 g/mol. The van der Waals surface area contributed by atoms with E-state index >= 15 is 0 Å². The lowest BCUT2D eigenvalue weighted by Gasteiger charge is -2.10. The number of hydrogen-bond donors (Lipinski definition) is 2. The molecule has 2 N–H and O–H groups in total. The van der Waals surface area contributed by atoms with Gasteiger partial charge in [0.25, 0.3) is 0 Å². The zero-order chi connectivity index (χ0) is 13.9. The van der Waals surface area contributed by atoms with Crippen LogP contribution in [0.15, 0.2) is 59.8 Å². The molecule has 0 aliphatic carbocycles. The fraction of sp³-hybridized carbons (Fsp3) is 0.0667. The van der Waals surface area contributed by atoms with E-state index in [1.165, 1.54) is 11.8 Å². The lowest BCUT2D eigenvalue weighted by molar-refractivity contribution is -0.136. The van der Waals surface area contributed by atoms with E-state index in [0.717, 1.165) is 16.6 Å². The van der Waals surface area contributed by atoms with Crippen LogP contribution >= 0.6 is 11.8 Å². The SMILES string of the molecule is O=C(O)[C@H](Sc1nc2ccccc2[nH]1)c1ccccc1. The minimum Gasteiger partial charge on any atom is -0.480 e. The van der Waals surface area contributed by atoms with Crippen molar-refractivity contribution in [2.45, 2.75) is 10.4 Å². The summed E-state index contributed by atoms with van der Waals surface area (Å²) in [5.41, 5.74) is 2.50. The van der Waals surface area contributed by atoms with E-state index < -0.39 is 11.2 Å². The van der Waals surface area contributed by atoms with Crippen molar-refractivity contribution in [2.75, 3.05) is 0 Å². The fourth-order valence-corrected chi connectivity index (χ4v) is 2.92. The lowest BCUT2D eigenvalue weighted by Crippen LogP contribution is -2.08. The van der Waals surface area contributed by atoms with Gasteiger partial charge in [-0.3, -0.25) is 4.79 Å². The first kappa shape index (κ1) is 12.7. The molecule has 20 heavy (non-hydrogen) atoms. The predicted octanol–water partition coefficient (Wildman–Crippen LogP) is 3.48. The van der Waals surface area contributed by atoms with Crippen molar-refractivity contribution in [2.24, 2.45) is 0 Å². The quantitative estimate of drug-likeness (QED) is 0.720. The predicted molar refractivity (Wildman–Crippen MR) is 78.8 cm³/mol. The summed E-state index contributed by atoms with van der Waals surface area (Å²) in [6.07, 6.45) is 0. The number of nitrogens with one attached hydrogen (secondary N) is 1. The molecule has 0 bridgehead atoms. The first-order valence-electron chi connectivity index (χ1n) is 6.13. The molecule has 5 heteroatoms. The van der Waals surface area contributed by atoms with Crippen LogP contribution in [0, 0.1) is 0 Å². The number of carboxylic acids is 1. The molecule has 0 saturated heterocycles. The van der Waals surface area contributed by atoms with Crippen molar-refractivity contribution in [3.63, 3.8) is 0 Å². The number of thioether (sulfide) groups is 1. The van der Waals surface area contributed by atoms with Gasteiger partial charge in [-0.2, -0.15) is 0 Å². The molecule has 3 aromatic rings. The monoisotopic (exact) mass is 284 g/mol. The highest BCUT2D eigenvalue weighted by Crippen LogP contribution is 2.34. The molecule has 0 unspecified atom stereocenters. The number of aromatic amines is 1. The highest BCUT2D eigenvalue weighted by Gasteiger charge is 2.22. The summed E-state index contributed by atoms with van der Waals surface area (Å²) in [5.74, 6) is -0.873. The number of aliphatic carboxylic acids is 1. The van der Waals surface area contributed by atoms with E-state index in [2.05, 4.69) is 9.97 Å². The molecule has 1 aromatic heterocycles. The average molecular weight is 284 g/mol. The maximum Gasteiger partial charge on any atom is 0.321 e. The van der Waals surface area contributed by atoms with Crippen molar-refractivity contribution >= 4 is 28.8 Å². The van der Waals surface area contributed by atoms with Crippen LogP contribution in [0.3, 0.4) is 0 Å². The Balaban J connectivity index is 1.92. The van der Waals surface area contributed by atoms with Crippen LogP contribution in [0.2, 0.25) is 0 Å². The molecule has 0 spiro atoms. The van der Waals surface area contributed by atoms with Gasteiger partial charge >= 0.3 is 5.97 Å². The standard InChI is InChI=1S/C15H12N2O2S/c18-14(19)13(10-6-2-1-3-7-10)20-15-16-11-8-4-5-9-12(11)17-15/h1-9,13H,(H,16,17)(H,18,19)/t13-/m1/s1. The van der Waals surface area contributed by atoms with Gasteiger partial charge in [0, 0.05) is 0 Å². The van der Waals surface area contributed by atoms with E-state index in [4.69, 9.17) is 0 Å². The van der Waals surface area contributed by atoms with Gasteiger partial charge in [-0.15, -0.1) is 0 Å². The summed E-state index contributed by atoms with van der Waals surface area (Å²) in [5, 5.41) is 9.34. The van der Waals surface area contributed by atoms with Crippen LogP contribution in [0.25, 0.3) is 11.0 Å². The molecule has 1 atom stereocenters. The fourth-order valence-electron chi connectivity index (χ4n) is 1.99. The van der Waals surface area contributed by atoms with Gasteiger partial charge < -0.3 is 10.1 Å². The highest BCUT2D eigenvalue weighted by molar-refractivity contribution is 8.00. The molecule has 0 aliphatic rings. The minimum atomic E-state index is -0.873. The summed E-state index contributed by atoms with van der Waals surface area (Å²) < 4.78 is 0. The molecule has 0 saturated carbocycles. The number of aromatic nitrogens is 2. The molecule has 0 amide bonds. The van der Waals surface area contributed by atoms with Crippen LogP contribution < -0.4 is 0 Å². The van der Waals surface area contributed by atoms with Gasteiger partial charge in [-0.1, -0.05) is 54.2 Å². The maximum absolute atomic E-state index is 11.5. The number of carbonyl (C=O) groups is 1. The van der Waals surface area contributed by atoms with Gasteiger partial charge in [0.2, 0.25) is 0 Å². The number of benzene rings is 2. The summed E-state index contributed by atoms with van der Waals surface area (Å²) >= 11 is 1.21. The van der Waals surface area contributed by atoms with Gasteiger partial charge in [0.15, 0.2) is 5.16 Å². The number of rotatable bonds is 4. The summed E-state index contributed by atoms with van der Waals surface area (Å²) in [6, 6.07) is 16.8. The molecular formula is C15H12N2O2S. The maximum atomic E-state index is 11.5. The second-order valence-electron chi connectivity index (χ2n) is 4.31. The molecule has 4 nitrogen and oxygen atoms in total. The molecule has 1 heterocycles. The Bertz CT molecular complexity index is 707. The average Bonchev–Trinajstić information content (AvgIpc) is 2.88. The summed E-state index contributed by atoms with van der Waals surface area (Å²) in [4.78, 5) is 19.0. The number of H-pyrrole nitrogens is 1. The van der Waals surface area contributed by atoms with E-state index in [1.807, 2.05) is 54.6 Å². The van der Waals surface area contributed by atoms with E-state index in [0.29, 0.717) is 5.16 Å². The Morgan fingerprint density at radius 2 is 1.80 bits per heavy atom. The van der Waals surface area contributed by atoms with E-state index in [9.17, 15) is 9.90 Å². The minimum absolute atomic E-state index is 0.613. The Morgan fingerprint density at radius 1 is 1.10 bits per heavy atom. The Kier molecular flexibility index (Phi) is 3.43. The number of nitrogens with zero attached hydrogens (tertiary/aromatic N) is 1. The van der Waals surface area contributed by atoms with Gasteiger partial charge in [-0.05, 0) is 17.7 Å². The third-order valence-electron chi connectivity index (χ3n) is 2.92. The van der Waals surface area contributed by atoms with E-state index in [1.54, 1.807) is 0 Å². The highest BCUT2D eigenvalue weighted by atomic mass is 32.2. The Hall–Kier alpha value is -2.27. The van der Waals surface area contributed by atoms with Gasteiger partial charge in [0.1, 0.15) is 5.25 Å². The Morgan fingerprint density at radius 3 is 2.50 bits per heavy atom. The number of hydrogen-bond acceptors (Lipinski definition) is 3. The first-order valence-corrected chi connectivity index (χ1v) is 7.01. The van der Waals surface area contributed by atoms with Crippen molar-refractivity contribution in [3.8, 4) is 0 Å². The van der Waals surface area contributed by atoms with Crippen molar-refractivity contribution in [1.29, 1.82) is 0 Å². The molecule has 100 valence electrons. The first-order chi connectivity index (χ1) is 9.74. The third kappa shape index (κ3) is 2.53. The number of carboxylic acid groups (broad SMARTS) is 1. The smallest absolute Gasteiger partial charge is 0.321 e. The normalized spacial score (nSPS) is 12.4. The summed E-state index contributed by atoms with van der Waals surface area (Å²) in [7, 11) is 0. The van der Waals surface area contributed by atoms with Gasteiger partial charge in [-0.25, -0.2) is 4.98 Å². The van der Waals surface area contributed by atoms with Crippen LogP contribution in [0.4, 0.5) is 0 Å². The second-order valence-corrected chi connectivity index (χ2v) is 5.40. The van der Waals surface area contributed by atoms with Crippen molar-refractivity contribution < 1.29 is 9.90 Å². The van der Waals surface area contributed by atoms with Crippen LogP contribution in [0.5, 0.6) is 0 Å². The molecule has 2 aromatic carbocycles. The largest absolute Gasteiger partial charge is 0.480 e. The zero-order valence-electron chi connectivity index (χ0n) is 10.5. The zero-order valence-corrected chi connectivity index (χ0v) is 11.3. The van der Waals surface area contributed by atoms with Crippen LogP contribution in [-0.4, -0.2) is 21.0 Å². The van der Waals surface area contributed by atoms with Crippen LogP contribution in [-0.2, 0) is 4.79 Å². The number of para-hydroxylation sites is 2. The van der Waals surface area contributed by atoms with E-state index in [-0.39, 0.29) is 0 Å². The third-order valence-corrected chi connectivity index (χ3v) is 4.05. The molecule has 0 aliphatic heterocycles. The Labute approximate surface area is 119 Å². The lowest BCUT2D eigenvalue weighted by atomic mass is 10.1. The topological polar surface area (TPSA) is 66.0 Å². The van der Waals surface area contributed by atoms with Gasteiger partial charge in [0.05, 0.1) is 11.0 Å². The van der Waals surface area contributed by atoms with Crippen LogP contribution in [0.1, 0.15) is 10.8 Å². The summed E-state index contributed by atoms with van der Waals surface area (Å²) in [6.45, 7) is 0. The molecule has 0 fully saturated rings. The number of imidazole rings is 1. The molecule has 0 radical (unpaired) electrons. The second kappa shape index (κ2) is 5.38.